The Kier molecular flexibility index (Phi) is 6.85. The second-order valence-corrected chi connectivity index (χ2v) is 9.49. The van der Waals surface area contributed by atoms with Gasteiger partial charge in [-0.3, -0.25) is 14.5 Å². The van der Waals surface area contributed by atoms with Crippen molar-refractivity contribution in [2.75, 3.05) is 10.2 Å². The molecule has 1 aliphatic heterocycles. The molecule has 0 aromatic heterocycles. The summed E-state index contributed by atoms with van der Waals surface area (Å²) in [5.74, 6) is -0.662. The maximum Gasteiger partial charge on any atom is 0.269 e. The van der Waals surface area contributed by atoms with Crippen molar-refractivity contribution in [2.45, 2.75) is 32.4 Å². The van der Waals surface area contributed by atoms with Crippen LogP contribution in [0.15, 0.2) is 83.4 Å². The van der Waals surface area contributed by atoms with Crippen LogP contribution in [0.25, 0.3) is 0 Å². The molecule has 1 atom stereocenters. The lowest BCUT2D eigenvalue weighted by Gasteiger charge is -2.20. The predicted molar refractivity (Wildman–Crippen MR) is 137 cm³/mol. The molecule has 1 saturated heterocycles. The molecule has 0 radical (unpaired) electrons. The smallest absolute Gasteiger partial charge is 0.269 e. The normalized spacial score (nSPS) is 16.8. The van der Waals surface area contributed by atoms with Crippen molar-refractivity contribution in [2.24, 2.45) is 0 Å². The molecule has 0 bridgehead atoms. The van der Waals surface area contributed by atoms with Gasteiger partial charge in [0, 0.05) is 11.4 Å². The van der Waals surface area contributed by atoms with Crippen molar-refractivity contribution in [3.05, 3.63) is 106 Å². The summed E-state index contributed by atoms with van der Waals surface area (Å²) in [7, 11) is 0. The summed E-state index contributed by atoms with van der Waals surface area (Å²) in [4.78, 5) is 28.3. The zero-order valence-corrected chi connectivity index (χ0v) is 20.1. The third-order valence-electron chi connectivity index (χ3n) is 5.91. The fourth-order valence-corrected chi connectivity index (χ4v) is 5.12. The SMILES string of the molecule is Cc1ccc(N2C(=O)C(Cc3ccccc3)S/C2=C(/C#N)C(=O)Nc2ccccc2C)cc1C. The molecule has 2 amide bonds. The number of hydrogen-bond donors (Lipinski definition) is 1. The summed E-state index contributed by atoms with van der Waals surface area (Å²) >= 11 is 1.28. The average Bonchev–Trinajstić information content (AvgIpc) is 3.14. The van der Waals surface area contributed by atoms with Gasteiger partial charge in [-0.2, -0.15) is 5.26 Å². The van der Waals surface area contributed by atoms with Crippen molar-refractivity contribution < 1.29 is 9.59 Å². The summed E-state index contributed by atoms with van der Waals surface area (Å²) < 4.78 is 0. The Labute approximate surface area is 204 Å². The van der Waals surface area contributed by atoms with Crippen molar-refractivity contribution in [3.63, 3.8) is 0 Å². The number of carbonyl (C=O) groups is 2. The van der Waals surface area contributed by atoms with E-state index in [0.717, 1.165) is 22.3 Å². The Hall–Kier alpha value is -3.82. The number of nitrogens with one attached hydrogen (secondary N) is 1. The third kappa shape index (κ3) is 4.75. The second-order valence-electron chi connectivity index (χ2n) is 8.30. The molecule has 4 rings (SSSR count). The lowest BCUT2D eigenvalue weighted by molar-refractivity contribution is -0.117. The highest BCUT2D eigenvalue weighted by Gasteiger charge is 2.41. The Morgan fingerprint density at radius 2 is 1.68 bits per heavy atom. The molecule has 1 unspecified atom stereocenters. The zero-order valence-electron chi connectivity index (χ0n) is 19.3. The molecule has 1 fully saturated rings. The van der Waals surface area contributed by atoms with Crippen LogP contribution in [0.3, 0.4) is 0 Å². The van der Waals surface area contributed by atoms with Crippen LogP contribution in [0.5, 0.6) is 0 Å². The second kappa shape index (κ2) is 9.98. The quantitative estimate of drug-likeness (QED) is 0.387. The van der Waals surface area contributed by atoms with Crippen molar-refractivity contribution in [1.29, 1.82) is 5.26 Å². The molecule has 5 nitrogen and oxygen atoms in total. The third-order valence-corrected chi connectivity index (χ3v) is 7.17. The number of nitriles is 1. The van der Waals surface area contributed by atoms with Crippen molar-refractivity contribution in [1.82, 2.24) is 0 Å². The van der Waals surface area contributed by atoms with E-state index in [1.54, 1.807) is 6.07 Å². The number of benzene rings is 3. The molecule has 34 heavy (non-hydrogen) atoms. The van der Waals surface area contributed by atoms with E-state index in [2.05, 4.69) is 11.4 Å². The molecular weight excluding hydrogens is 442 g/mol. The van der Waals surface area contributed by atoms with E-state index in [0.29, 0.717) is 22.8 Å². The van der Waals surface area contributed by atoms with Gasteiger partial charge in [-0.1, -0.05) is 66.4 Å². The first-order valence-corrected chi connectivity index (χ1v) is 11.9. The number of thioether (sulfide) groups is 1. The number of carbonyl (C=O) groups excluding carboxylic acids is 2. The van der Waals surface area contributed by atoms with Crippen LogP contribution in [0.1, 0.15) is 22.3 Å². The summed E-state index contributed by atoms with van der Waals surface area (Å²) in [5.41, 5.74) is 5.27. The molecule has 6 heteroatoms. The predicted octanol–water partition coefficient (Wildman–Crippen LogP) is 5.68. The summed E-state index contributed by atoms with van der Waals surface area (Å²) in [6, 6.07) is 25.0. The Bertz CT molecular complexity index is 1320. The first-order chi connectivity index (χ1) is 16.4. The Balaban J connectivity index is 1.76. The van der Waals surface area contributed by atoms with Gasteiger partial charge in [0.25, 0.3) is 5.91 Å². The first-order valence-electron chi connectivity index (χ1n) is 11.0. The van der Waals surface area contributed by atoms with Gasteiger partial charge in [0.1, 0.15) is 16.7 Å². The van der Waals surface area contributed by atoms with Gasteiger partial charge in [-0.15, -0.1) is 0 Å². The summed E-state index contributed by atoms with van der Waals surface area (Å²) in [6.45, 7) is 5.87. The summed E-state index contributed by atoms with van der Waals surface area (Å²) in [6.07, 6.45) is 0.507. The minimum Gasteiger partial charge on any atom is -0.321 e. The Morgan fingerprint density at radius 3 is 2.35 bits per heavy atom. The van der Waals surface area contributed by atoms with Crippen molar-refractivity contribution >= 4 is 35.0 Å². The van der Waals surface area contributed by atoms with Crippen LogP contribution < -0.4 is 10.2 Å². The lowest BCUT2D eigenvalue weighted by Crippen LogP contribution is -2.31. The number of nitrogens with zero attached hydrogens (tertiary/aromatic N) is 2. The molecule has 1 heterocycles. The highest BCUT2D eigenvalue weighted by Crippen LogP contribution is 2.42. The van der Waals surface area contributed by atoms with E-state index in [4.69, 9.17) is 0 Å². The maximum atomic E-state index is 13.6. The fourth-order valence-electron chi connectivity index (χ4n) is 3.81. The van der Waals surface area contributed by atoms with E-state index in [-0.39, 0.29) is 11.5 Å². The molecule has 1 N–H and O–H groups in total. The molecular formula is C28H25N3O2S. The van der Waals surface area contributed by atoms with Gasteiger partial charge in [-0.05, 0) is 67.6 Å². The molecule has 0 spiro atoms. The van der Waals surface area contributed by atoms with E-state index < -0.39 is 11.2 Å². The van der Waals surface area contributed by atoms with Crippen LogP contribution in [0.2, 0.25) is 0 Å². The van der Waals surface area contributed by atoms with E-state index in [9.17, 15) is 14.9 Å². The first kappa shape index (κ1) is 23.3. The van der Waals surface area contributed by atoms with Gasteiger partial charge in [0.2, 0.25) is 5.91 Å². The van der Waals surface area contributed by atoms with Crippen LogP contribution in [-0.2, 0) is 16.0 Å². The number of amides is 2. The van der Waals surface area contributed by atoms with Crippen LogP contribution in [0, 0.1) is 32.1 Å². The monoisotopic (exact) mass is 467 g/mol. The maximum absolute atomic E-state index is 13.6. The average molecular weight is 468 g/mol. The summed E-state index contributed by atoms with van der Waals surface area (Å²) in [5, 5.41) is 12.8. The van der Waals surface area contributed by atoms with Gasteiger partial charge < -0.3 is 5.32 Å². The molecule has 0 aliphatic carbocycles. The molecule has 3 aromatic carbocycles. The van der Waals surface area contributed by atoms with E-state index in [1.165, 1.54) is 16.7 Å². The van der Waals surface area contributed by atoms with Crippen LogP contribution in [0.4, 0.5) is 11.4 Å². The Morgan fingerprint density at radius 1 is 0.971 bits per heavy atom. The van der Waals surface area contributed by atoms with Crippen LogP contribution >= 0.6 is 11.8 Å². The fraction of sp³-hybridized carbons (Fsp3) is 0.179. The molecule has 170 valence electrons. The van der Waals surface area contributed by atoms with Crippen LogP contribution in [-0.4, -0.2) is 17.1 Å². The highest BCUT2D eigenvalue weighted by atomic mass is 32.2. The minimum absolute atomic E-state index is 0.0737. The highest BCUT2D eigenvalue weighted by molar-refractivity contribution is 8.05. The minimum atomic E-state index is -0.527. The number of aryl methyl sites for hydroxylation is 3. The number of para-hydroxylation sites is 1. The van der Waals surface area contributed by atoms with E-state index in [1.807, 2.05) is 87.5 Å². The van der Waals surface area contributed by atoms with Gasteiger partial charge in [-0.25, -0.2) is 0 Å². The van der Waals surface area contributed by atoms with Gasteiger partial charge >= 0.3 is 0 Å². The van der Waals surface area contributed by atoms with Crippen molar-refractivity contribution in [3.8, 4) is 6.07 Å². The number of hydrogen-bond acceptors (Lipinski definition) is 4. The standard InChI is InChI=1S/C28H25N3O2S/c1-18-13-14-22(15-20(18)3)31-27(33)25(16-21-10-5-4-6-11-21)34-28(31)23(17-29)26(32)30-24-12-8-7-9-19(24)2/h4-15,25H,16H2,1-3H3,(H,30,32)/b28-23-. The van der Waals surface area contributed by atoms with E-state index >= 15 is 0 Å². The van der Waals surface area contributed by atoms with Gasteiger partial charge in [0.05, 0.1) is 5.25 Å². The molecule has 3 aromatic rings. The lowest BCUT2D eigenvalue weighted by atomic mass is 10.1. The topological polar surface area (TPSA) is 73.2 Å². The largest absolute Gasteiger partial charge is 0.321 e. The van der Waals surface area contributed by atoms with Gasteiger partial charge in [0.15, 0.2) is 0 Å². The zero-order chi connectivity index (χ0) is 24.2. The molecule has 1 aliphatic rings. The number of rotatable bonds is 5. The number of anilines is 2. The molecule has 0 saturated carbocycles.